The van der Waals surface area contributed by atoms with E-state index in [1.54, 1.807) is 5.57 Å². The van der Waals surface area contributed by atoms with Gasteiger partial charge in [-0.25, -0.2) is 0 Å². The number of hydrogen-bond donors (Lipinski definition) is 0. The zero-order valence-corrected chi connectivity index (χ0v) is 29.4. The Morgan fingerprint density at radius 1 is 0.848 bits per heavy atom. The Balaban J connectivity index is 1.39. The number of fused-ring (bicyclic) bond motifs is 7. The van der Waals surface area contributed by atoms with Gasteiger partial charge in [0.25, 0.3) is 0 Å². The molecule has 2 aromatic rings. The Bertz CT molecular complexity index is 1560. The summed E-state index contributed by atoms with van der Waals surface area (Å²) >= 11 is 0. The summed E-state index contributed by atoms with van der Waals surface area (Å²) in [6.45, 7) is 17.4. The van der Waals surface area contributed by atoms with Gasteiger partial charge in [-0.15, -0.1) is 0 Å². The van der Waals surface area contributed by atoms with Crippen molar-refractivity contribution in [3.63, 3.8) is 0 Å². The third-order valence-electron chi connectivity index (χ3n) is 15.1. The SMILES string of the molecule is CC1(C)CC[C@]2(C(=O)OCc3ccccc3)CC[C@]3(C)C(=C(c4ccncc4)CC4[C@@]5(C)CCC(=O)C(C)(C)[C@@H]5CC[C@]43C)[C@@H]2C1. The number of Topliss-reactive ketones (excluding diaryl/α,β-unsaturated/α-hetero) is 1. The molecule has 0 aliphatic heterocycles. The van der Waals surface area contributed by atoms with E-state index in [4.69, 9.17) is 4.74 Å². The zero-order chi connectivity index (χ0) is 32.8. The summed E-state index contributed by atoms with van der Waals surface area (Å²) in [5, 5.41) is 0. The fraction of sp³-hybridized carbons (Fsp3) is 0.643. The van der Waals surface area contributed by atoms with Gasteiger partial charge in [0, 0.05) is 24.2 Å². The quantitative estimate of drug-likeness (QED) is 0.319. The highest BCUT2D eigenvalue weighted by atomic mass is 16.5. The van der Waals surface area contributed by atoms with E-state index in [0.717, 1.165) is 63.4 Å². The first-order chi connectivity index (χ1) is 21.7. The number of rotatable bonds is 4. The van der Waals surface area contributed by atoms with E-state index in [0.29, 0.717) is 30.6 Å². The van der Waals surface area contributed by atoms with Crippen LogP contribution in [0.4, 0.5) is 0 Å². The van der Waals surface area contributed by atoms with E-state index < -0.39 is 5.41 Å². The molecule has 246 valence electrons. The molecule has 1 unspecified atom stereocenters. The van der Waals surface area contributed by atoms with E-state index in [1.165, 1.54) is 11.1 Å². The van der Waals surface area contributed by atoms with Crippen molar-refractivity contribution in [1.29, 1.82) is 0 Å². The van der Waals surface area contributed by atoms with Crippen LogP contribution in [0, 0.1) is 50.2 Å². The maximum absolute atomic E-state index is 14.6. The lowest BCUT2D eigenvalue weighted by molar-refractivity contribution is -0.190. The largest absolute Gasteiger partial charge is 0.460 e. The lowest BCUT2D eigenvalue weighted by Gasteiger charge is -2.71. The number of esters is 1. The van der Waals surface area contributed by atoms with Gasteiger partial charge < -0.3 is 4.74 Å². The highest BCUT2D eigenvalue weighted by molar-refractivity contribution is 5.86. The van der Waals surface area contributed by atoms with Crippen LogP contribution in [-0.4, -0.2) is 16.7 Å². The van der Waals surface area contributed by atoms with Crippen molar-refractivity contribution in [3.05, 3.63) is 71.6 Å². The average molecular weight is 622 g/mol. The van der Waals surface area contributed by atoms with E-state index in [1.807, 2.05) is 42.7 Å². The molecule has 0 amide bonds. The first kappa shape index (κ1) is 31.8. The van der Waals surface area contributed by atoms with Gasteiger partial charge in [0.2, 0.25) is 0 Å². The molecule has 1 aromatic carbocycles. The summed E-state index contributed by atoms with van der Waals surface area (Å²) in [5.41, 5.74) is 4.83. The van der Waals surface area contributed by atoms with Crippen LogP contribution in [0.2, 0.25) is 0 Å². The van der Waals surface area contributed by atoms with Gasteiger partial charge in [0.1, 0.15) is 12.4 Å². The summed E-state index contributed by atoms with van der Waals surface area (Å²) in [5.74, 6) is 1.47. The molecule has 4 saturated carbocycles. The second-order valence-corrected chi connectivity index (χ2v) is 18.0. The first-order valence-corrected chi connectivity index (χ1v) is 18.1. The molecule has 46 heavy (non-hydrogen) atoms. The predicted octanol–water partition coefficient (Wildman–Crippen LogP) is 10.0. The van der Waals surface area contributed by atoms with Crippen molar-refractivity contribution < 1.29 is 14.3 Å². The maximum atomic E-state index is 14.6. The van der Waals surface area contributed by atoms with Crippen molar-refractivity contribution in [2.75, 3.05) is 0 Å². The fourth-order valence-corrected chi connectivity index (χ4v) is 12.2. The molecular formula is C42H55NO3. The minimum Gasteiger partial charge on any atom is -0.460 e. The number of benzene rings is 1. The number of aromatic nitrogens is 1. The standard InChI is InChI=1S/C42H55NO3/c1-37(2)19-21-42(36(45)46-27-28-11-9-8-10-12-28)22-20-41(7)35(31(42)26-37)30(29-15-23-43-24-16-29)25-33-39(5)17-14-34(44)38(3,4)32(39)13-18-40(33,41)6/h8-12,15-16,23-24,31-33H,13-14,17-22,25-27H2,1-7H3/t31-,32-,33?,39-,40+,41+,42-/m0/s1. The number of pyridine rings is 1. The third kappa shape index (κ3) is 4.47. The molecule has 0 spiro atoms. The van der Waals surface area contributed by atoms with E-state index in [9.17, 15) is 9.59 Å². The Hall–Kier alpha value is -2.75. The predicted molar refractivity (Wildman–Crippen MR) is 183 cm³/mol. The normalized spacial score (nSPS) is 39.4. The van der Waals surface area contributed by atoms with Gasteiger partial charge in [-0.2, -0.15) is 0 Å². The number of allylic oxidation sites excluding steroid dienone is 2. The molecule has 0 bridgehead atoms. The van der Waals surface area contributed by atoms with Crippen LogP contribution in [0.1, 0.15) is 124 Å². The van der Waals surface area contributed by atoms with E-state index >= 15 is 0 Å². The van der Waals surface area contributed by atoms with Gasteiger partial charge in [-0.1, -0.05) is 84.4 Å². The Labute approximate surface area is 277 Å². The molecular weight excluding hydrogens is 566 g/mol. The van der Waals surface area contributed by atoms with Gasteiger partial charge in [-0.3, -0.25) is 14.6 Å². The van der Waals surface area contributed by atoms with Crippen molar-refractivity contribution in [3.8, 4) is 0 Å². The summed E-state index contributed by atoms with van der Waals surface area (Å²) in [6, 6.07) is 14.6. The minimum absolute atomic E-state index is 0.0102. The number of hydrogen-bond acceptors (Lipinski definition) is 4. The highest BCUT2D eigenvalue weighted by Gasteiger charge is 2.70. The number of ether oxygens (including phenoxy) is 1. The molecule has 0 radical (unpaired) electrons. The number of nitrogens with zero attached hydrogens (tertiary/aromatic N) is 1. The summed E-state index contributed by atoms with van der Waals surface area (Å²) in [7, 11) is 0. The fourth-order valence-electron chi connectivity index (χ4n) is 12.2. The van der Waals surface area contributed by atoms with Gasteiger partial charge in [-0.05, 0) is 126 Å². The topological polar surface area (TPSA) is 56.3 Å². The van der Waals surface area contributed by atoms with Crippen LogP contribution in [-0.2, 0) is 20.9 Å². The van der Waals surface area contributed by atoms with Crippen molar-refractivity contribution in [2.24, 2.45) is 50.2 Å². The molecule has 1 heterocycles. The van der Waals surface area contributed by atoms with E-state index in [-0.39, 0.29) is 39.0 Å². The molecule has 7 atom stereocenters. The molecule has 4 fully saturated rings. The summed E-state index contributed by atoms with van der Waals surface area (Å²) < 4.78 is 6.30. The molecule has 0 N–H and O–H groups in total. The molecule has 0 saturated heterocycles. The third-order valence-corrected chi connectivity index (χ3v) is 15.1. The second-order valence-electron chi connectivity index (χ2n) is 18.0. The summed E-state index contributed by atoms with van der Waals surface area (Å²) in [4.78, 5) is 32.3. The van der Waals surface area contributed by atoms with Crippen molar-refractivity contribution >= 4 is 17.3 Å². The van der Waals surface area contributed by atoms with Crippen LogP contribution in [0.25, 0.3) is 5.57 Å². The molecule has 7 rings (SSSR count). The number of carbonyl (C=O) groups excluding carboxylic acids is 2. The lowest BCUT2D eigenvalue weighted by Crippen LogP contribution is -2.65. The van der Waals surface area contributed by atoms with Crippen LogP contribution >= 0.6 is 0 Å². The molecule has 5 aliphatic rings. The van der Waals surface area contributed by atoms with Crippen LogP contribution in [0.15, 0.2) is 60.4 Å². The van der Waals surface area contributed by atoms with Crippen molar-refractivity contribution in [1.82, 2.24) is 4.98 Å². The molecule has 4 nitrogen and oxygen atoms in total. The maximum Gasteiger partial charge on any atom is 0.313 e. The van der Waals surface area contributed by atoms with Gasteiger partial charge >= 0.3 is 5.97 Å². The number of carbonyl (C=O) groups is 2. The molecule has 5 aliphatic carbocycles. The highest BCUT2D eigenvalue weighted by Crippen LogP contribution is 2.77. The number of ketones is 1. The Kier molecular flexibility index (Phi) is 7.35. The average Bonchev–Trinajstić information content (AvgIpc) is 3.03. The Morgan fingerprint density at radius 2 is 1.54 bits per heavy atom. The molecule has 4 heteroatoms. The minimum atomic E-state index is -0.499. The van der Waals surface area contributed by atoms with Crippen LogP contribution in [0.5, 0.6) is 0 Å². The smallest absolute Gasteiger partial charge is 0.313 e. The first-order valence-electron chi connectivity index (χ1n) is 18.1. The van der Waals surface area contributed by atoms with Crippen molar-refractivity contribution in [2.45, 2.75) is 119 Å². The van der Waals surface area contributed by atoms with Gasteiger partial charge in [0.05, 0.1) is 5.41 Å². The van der Waals surface area contributed by atoms with Crippen LogP contribution < -0.4 is 0 Å². The Morgan fingerprint density at radius 3 is 2.26 bits per heavy atom. The van der Waals surface area contributed by atoms with Crippen LogP contribution in [0.3, 0.4) is 0 Å². The summed E-state index contributed by atoms with van der Waals surface area (Å²) in [6.07, 6.45) is 13.6. The van der Waals surface area contributed by atoms with Gasteiger partial charge in [0.15, 0.2) is 0 Å². The van der Waals surface area contributed by atoms with E-state index in [2.05, 4.69) is 65.6 Å². The second kappa shape index (κ2) is 10.6. The molecule has 1 aromatic heterocycles. The monoisotopic (exact) mass is 621 g/mol. The zero-order valence-electron chi connectivity index (χ0n) is 29.4. The lowest BCUT2D eigenvalue weighted by atomic mass is 9.32.